The lowest BCUT2D eigenvalue weighted by Crippen LogP contribution is -2.49. The molecule has 46 heavy (non-hydrogen) atoms. The number of carboxylic acids is 1. The van der Waals surface area contributed by atoms with Crippen molar-refractivity contribution in [3.63, 3.8) is 0 Å². The van der Waals surface area contributed by atoms with E-state index in [-0.39, 0.29) is 24.3 Å². The number of allylic oxidation sites excluding steroid dienone is 1. The topological polar surface area (TPSA) is 143 Å². The lowest BCUT2D eigenvalue weighted by atomic mass is 9.93. The molecule has 3 heterocycles. The van der Waals surface area contributed by atoms with E-state index in [1.165, 1.54) is 11.3 Å². The molecule has 3 aliphatic rings. The Morgan fingerprint density at radius 1 is 1.15 bits per heavy atom. The fourth-order valence-corrected chi connectivity index (χ4v) is 7.46. The smallest absolute Gasteiger partial charge is 0.330 e. The maximum Gasteiger partial charge on any atom is 0.330 e. The van der Waals surface area contributed by atoms with Gasteiger partial charge in [-0.1, -0.05) is 12.2 Å². The Balaban J connectivity index is 1.32. The highest BCUT2D eigenvalue weighted by Crippen LogP contribution is 2.46. The van der Waals surface area contributed by atoms with E-state index in [1.807, 2.05) is 41.8 Å². The predicted octanol–water partition coefficient (Wildman–Crippen LogP) is 5.12. The van der Waals surface area contributed by atoms with Gasteiger partial charge in [-0.3, -0.25) is 9.59 Å². The minimum atomic E-state index is -1.34. The average Bonchev–Trinajstić information content (AvgIpc) is 3.31. The molecule has 244 valence electrons. The summed E-state index contributed by atoms with van der Waals surface area (Å²) < 4.78 is 12.1. The monoisotopic (exact) mass is 647 g/mol. The molecule has 0 radical (unpaired) electrons. The molecule has 1 aliphatic heterocycles. The average molecular weight is 648 g/mol. The number of hydrogen-bond acceptors (Lipinski definition) is 9. The summed E-state index contributed by atoms with van der Waals surface area (Å²) in [5.41, 5.74) is -0.00591. The van der Waals surface area contributed by atoms with Gasteiger partial charge in [0.2, 0.25) is 17.7 Å². The van der Waals surface area contributed by atoms with Crippen molar-refractivity contribution in [3.8, 4) is 23.0 Å². The third-order valence-corrected chi connectivity index (χ3v) is 10.0. The first kappa shape index (κ1) is 31.8. The molecule has 12 heteroatoms. The van der Waals surface area contributed by atoms with Crippen LogP contribution in [0.3, 0.4) is 0 Å². The van der Waals surface area contributed by atoms with Gasteiger partial charge in [0.1, 0.15) is 23.1 Å². The van der Waals surface area contributed by atoms with Crippen molar-refractivity contribution in [2.45, 2.75) is 70.1 Å². The first-order valence-electron chi connectivity index (χ1n) is 15.9. The molecule has 3 N–H and O–H groups in total. The van der Waals surface area contributed by atoms with E-state index in [9.17, 15) is 19.5 Å². The van der Waals surface area contributed by atoms with Gasteiger partial charge in [0.25, 0.3) is 0 Å². The zero-order valence-corrected chi connectivity index (χ0v) is 27.4. The maximum absolute atomic E-state index is 13.8. The van der Waals surface area contributed by atoms with E-state index in [2.05, 4.69) is 24.5 Å². The van der Waals surface area contributed by atoms with Crippen LogP contribution in [0.5, 0.6) is 11.6 Å². The van der Waals surface area contributed by atoms with E-state index >= 15 is 0 Å². The number of benzene rings is 1. The van der Waals surface area contributed by atoms with Crippen molar-refractivity contribution in [2.24, 2.45) is 17.8 Å². The van der Waals surface area contributed by atoms with Crippen LogP contribution in [0.1, 0.15) is 52.4 Å². The van der Waals surface area contributed by atoms with Crippen LogP contribution >= 0.6 is 11.3 Å². The van der Waals surface area contributed by atoms with Crippen molar-refractivity contribution >= 4 is 45.0 Å². The number of amides is 2. The van der Waals surface area contributed by atoms with Crippen molar-refractivity contribution in [3.05, 3.63) is 41.8 Å². The Morgan fingerprint density at radius 3 is 2.72 bits per heavy atom. The van der Waals surface area contributed by atoms with Crippen LogP contribution in [-0.4, -0.2) is 76.1 Å². The van der Waals surface area contributed by atoms with Gasteiger partial charge >= 0.3 is 5.97 Å². The first-order chi connectivity index (χ1) is 22.1. The van der Waals surface area contributed by atoms with E-state index in [0.717, 1.165) is 35.2 Å². The SMILES string of the molecule is COc1ccc2c(O[C@@H]3C[C@H]4C(=O)N[C@]5(C(=O)O)C[C@@H]5/C=C\CCCCN(C)C(=O)[C@@H]4C3)nc(-c3csc(NC(C)C)n3)cc2c1. The van der Waals surface area contributed by atoms with Gasteiger partial charge in [-0.05, 0) is 82.0 Å². The number of carboxylic acid groups (broad SMARTS) is 1. The van der Waals surface area contributed by atoms with E-state index in [4.69, 9.17) is 19.4 Å². The second-order valence-electron chi connectivity index (χ2n) is 12.9. The van der Waals surface area contributed by atoms with E-state index in [0.29, 0.717) is 42.4 Å². The molecule has 2 saturated carbocycles. The van der Waals surface area contributed by atoms with Crippen molar-refractivity contribution < 1.29 is 29.0 Å². The Morgan fingerprint density at radius 2 is 1.96 bits per heavy atom. The number of pyridine rings is 1. The largest absolute Gasteiger partial charge is 0.497 e. The molecule has 2 aromatic heterocycles. The number of carbonyl (C=O) groups excluding carboxylic acids is 2. The summed E-state index contributed by atoms with van der Waals surface area (Å²) in [4.78, 5) is 51.2. The third-order valence-electron chi connectivity index (χ3n) is 9.24. The summed E-state index contributed by atoms with van der Waals surface area (Å²) >= 11 is 1.50. The molecular weight excluding hydrogens is 606 g/mol. The number of fused-ring (bicyclic) bond motifs is 3. The van der Waals surface area contributed by atoms with Crippen molar-refractivity contribution in [2.75, 3.05) is 26.0 Å². The number of carbonyl (C=O) groups is 3. The van der Waals surface area contributed by atoms with Crippen LogP contribution in [0.25, 0.3) is 22.2 Å². The number of nitrogens with one attached hydrogen (secondary N) is 2. The molecule has 2 amide bonds. The number of rotatable bonds is 7. The van der Waals surface area contributed by atoms with E-state index < -0.39 is 35.4 Å². The second-order valence-corrected chi connectivity index (χ2v) is 13.8. The van der Waals surface area contributed by atoms with Crippen LogP contribution in [-0.2, 0) is 14.4 Å². The zero-order valence-electron chi connectivity index (χ0n) is 26.6. The van der Waals surface area contributed by atoms with Crippen molar-refractivity contribution in [1.82, 2.24) is 20.2 Å². The highest BCUT2D eigenvalue weighted by molar-refractivity contribution is 7.14. The lowest BCUT2D eigenvalue weighted by Gasteiger charge is -2.26. The highest BCUT2D eigenvalue weighted by Gasteiger charge is 2.61. The fourth-order valence-electron chi connectivity index (χ4n) is 6.61. The van der Waals surface area contributed by atoms with Crippen LogP contribution in [0.15, 0.2) is 41.8 Å². The number of nitrogens with zero attached hydrogens (tertiary/aromatic N) is 3. The minimum Gasteiger partial charge on any atom is -0.497 e. The highest BCUT2D eigenvalue weighted by atomic mass is 32.1. The summed E-state index contributed by atoms with van der Waals surface area (Å²) in [7, 11) is 3.38. The molecule has 6 rings (SSSR count). The van der Waals surface area contributed by atoms with E-state index in [1.54, 1.807) is 19.1 Å². The maximum atomic E-state index is 13.8. The molecule has 0 unspecified atom stereocenters. The molecule has 0 saturated heterocycles. The summed E-state index contributed by atoms with van der Waals surface area (Å²) in [6.07, 6.45) is 6.83. The van der Waals surface area contributed by atoms with Crippen molar-refractivity contribution in [1.29, 1.82) is 0 Å². The van der Waals surface area contributed by atoms with Crippen LogP contribution < -0.4 is 20.1 Å². The van der Waals surface area contributed by atoms with Gasteiger partial charge in [-0.2, -0.15) is 0 Å². The van der Waals surface area contributed by atoms with Crippen LogP contribution in [0.2, 0.25) is 0 Å². The lowest BCUT2D eigenvalue weighted by molar-refractivity contribution is -0.145. The van der Waals surface area contributed by atoms with Gasteiger partial charge in [0.15, 0.2) is 5.13 Å². The van der Waals surface area contributed by atoms with Gasteiger partial charge < -0.3 is 30.1 Å². The van der Waals surface area contributed by atoms with Gasteiger partial charge in [-0.15, -0.1) is 11.3 Å². The number of aliphatic carboxylic acids is 1. The van der Waals surface area contributed by atoms with Crippen LogP contribution in [0.4, 0.5) is 5.13 Å². The summed E-state index contributed by atoms with van der Waals surface area (Å²) in [6, 6.07) is 7.83. The molecule has 3 aromatic rings. The molecule has 1 aromatic carbocycles. The molecule has 2 aliphatic carbocycles. The molecule has 5 atom stereocenters. The standard InChI is InChI=1S/C34H41N5O6S/c1-19(2)35-33-37-28(18-46-33)27-14-20-13-22(44-4)10-11-24(20)30(36-27)45-23-15-25-26(16-23)31(41)39(3)12-8-6-5-7-9-21-17-34(21,32(42)43)38-29(25)40/h7,9-11,13-14,18-19,21,23,25-26H,5-6,8,12,15-17H2,1-4H3,(H,35,37)(H,38,40)(H,42,43)/b9-7-/t21-,23+,25+,26+,34+/m0/s1. The summed E-state index contributed by atoms with van der Waals surface area (Å²) in [6.45, 7) is 4.69. The minimum absolute atomic E-state index is 0.125. The Labute approximate surface area is 272 Å². The molecule has 2 fully saturated rings. The summed E-state index contributed by atoms with van der Waals surface area (Å²) in [5.74, 6) is -2.17. The number of hydrogen-bond donors (Lipinski definition) is 3. The molecule has 0 bridgehead atoms. The van der Waals surface area contributed by atoms with Gasteiger partial charge in [0, 0.05) is 36.3 Å². The number of thiazole rings is 1. The molecular formula is C34H41N5O6S. The Bertz CT molecular complexity index is 1670. The number of methoxy groups -OCH3 is 1. The van der Waals surface area contributed by atoms with Gasteiger partial charge in [0.05, 0.1) is 24.6 Å². The fraction of sp³-hybridized carbons (Fsp3) is 0.500. The number of anilines is 1. The second kappa shape index (κ2) is 12.9. The predicted molar refractivity (Wildman–Crippen MR) is 176 cm³/mol. The molecule has 11 nitrogen and oxygen atoms in total. The third kappa shape index (κ3) is 6.40. The Kier molecular flexibility index (Phi) is 8.91. The number of ether oxygens (including phenoxy) is 2. The van der Waals surface area contributed by atoms with Crippen LogP contribution in [0, 0.1) is 17.8 Å². The first-order valence-corrected chi connectivity index (χ1v) is 16.8. The quantitative estimate of drug-likeness (QED) is 0.298. The molecule has 0 spiro atoms. The summed E-state index contributed by atoms with van der Waals surface area (Å²) in [5, 5.41) is 20.6. The van der Waals surface area contributed by atoms with Gasteiger partial charge in [-0.25, -0.2) is 14.8 Å². The number of aromatic nitrogens is 2. The normalized spacial score (nSPS) is 27.4. The Hall–Kier alpha value is -4.19. The zero-order chi connectivity index (χ0) is 32.6.